The van der Waals surface area contributed by atoms with Crippen molar-refractivity contribution < 1.29 is 32.2 Å². The lowest BCUT2D eigenvalue weighted by Gasteiger charge is -2.08. The predicted octanol–water partition coefficient (Wildman–Crippen LogP) is 6.60. The molecule has 7 heteroatoms. The smallest absolute Gasteiger partial charge is 0.416 e. The Morgan fingerprint density at radius 3 is 1.87 bits per heavy atom. The van der Waals surface area contributed by atoms with Gasteiger partial charge in [0.1, 0.15) is 6.61 Å². The summed E-state index contributed by atoms with van der Waals surface area (Å²) in [7, 11) is 0. The zero-order valence-corrected chi connectivity index (χ0v) is 17.8. The molecule has 0 aliphatic heterocycles. The quantitative estimate of drug-likeness (QED) is 0.232. The standard InChI is InChI=1S/C23H33F3O4/c1-2-3-4-5-6-7-8-9-17-29-21(27)11-10-12-22(28)30-18-19-13-15-20(16-14-19)23(24,25)26/h13-16H,2-12,17-18H2,1H3. The van der Waals surface area contributed by atoms with Crippen molar-refractivity contribution in [1.82, 2.24) is 0 Å². The van der Waals surface area contributed by atoms with Crippen LogP contribution in [-0.2, 0) is 31.8 Å². The van der Waals surface area contributed by atoms with Crippen LogP contribution in [0.4, 0.5) is 13.2 Å². The third kappa shape index (κ3) is 12.5. The largest absolute Gasteiger partial charge is 0.466 e. The average Bonchev–Trinajstić information content (AvgIpc) is 2.70. The van der Waals surface area contributed by atoms with Crippen LogP contribution in [0.1, 0.15) is 88.7 Å². The van der Waals surface area contributed by atoms with Gasteiger partial charge in [-0.1, -0.05) is 64.0 Å². The lowest BCUT2D eigenvalue weighted by molar-refractivity contribution is -0.146. The van der Waals surface area contributed by atoms with Gasteiger partial charge >= 0.3 is 18.1 Å². The van der Waals surface area contributed by atoms with Crippen LogP contribution in [0.2, 0.25) is 0 Å². The highest BCUT2D eigenvalue weighted by molar-refractivity contribution is 5.72. The molecule has 0 heterocycles. The van der Waals surface area contributed by atoms with Gasteiger partial charge in [-0.2, -0.15) is 13.2 Å². The molecule has 0 radical (unpaired) electrons. The Labute approximate surface area is 177 Å². The van der Waals surface area contributed by atoms with Crippen LogP contribution in [0, 0.1) is 0 Å². The molecule has 1 aromatic carbocycles. The second kappa shape index (κ2) is 14.9. The van der Waals surface area contributed by atoms with Crippen molar-refractivity contribution in [1.29, 1.82) is 0 Å². The van der Waals surface area contributed by atoms with Gasteiger partial charge in [0.2, 0.25) is 0 Å². The summed E-state index contributed by atoms with van der Waals surface area (Å²) in [6, 6.07) is 4.45. The highest BCUT2D eigenvalue weighted by atomic mass is 19.4. The minimum atomic E-state index is -4.39. The van der Waals surface area contributed by atoms with Gasteiger partial charge in [0, 0.05) is 12.8 Å². The summed E-state index contributed by atoms with van der Waals surface area (Å²) in [5, 5.41) is 0. The summed E-state index contributed by atoms with van der Waals surface area (Å²) in [5.74, 6) is -0.820. The van der Waals surface area contributed by atoms with Crippen LogP contribution >= 0.6 is 0 Å². The van der Waals surface area contributed by atoms with Crippen LogP contribution in [-0.4, -0.2) is 18.5 Å². The molecule has 4 nitrogen and oxygen atoms in total. The molecule has 0 N–H and O–H groups in total. The van der Waals surface area contributed by atoms with Gasteiger partial charge in [-0.25, -0.2) is 0 Å². The second-order valence-corrected chi connectivity index (χ2v) is 7.40. The zero-order chi connectivity index (χ0) is 22.2. The number of carbonyl (C=O) groups excluding carboxylic acids is 2. The molecular weight excluding hydrogens is 397 g/mol. The number of hydrogen-bond donors (Lipinski definition) is 0. The number of hydrogen-bond acceptors (Lipinski definition) is 4. The Balaban J connectivity index is 2.03. The third-order valence-corrected chi connectivity index (χ3v) is 4.70. The highest BCUT2D eigenvalue weighted by Crippen LogP contribution is 2.29. The SMILES string of the molecule is CCCCCCCCCCOC(=O)CCCC(=O)OCc1ccc(C(F)(F)F)cc1. The fraction of sp³-hybridized carbons (Fsp3) is 0.652. The van der Waals surface area contributed by atoms with E-state index in [1.807, 2.05) is 0 Å². The molecule has 0 spiro atoms. The van der Waals surface area contributed by atoms with Crippen molar-refractivity contribution in [3.63, 3.8) is 0 Å². The first-order valence-electron chi connectivity index (χ1n) is 10.8. The maximum Gasteiger partial charge on any atom is 0.416 e. The first-order chi connectivity index (χ1) is 14.3. The van der Waals surface area contributed by atoms with Gasteiger partial charge in [0.25, 0.3) is 0 Å². The average molecular weight is 431 g/mol. The maximum absolute atomic E-state index is 12.5. The molecule has 0 atom stereocenters. The number of halogens is 3. The molecule has 0 saturated heterocycles. The van der Waals surface area contributed by atoms with Crippen LogP contribution < -0.4 is 0 Å². The van der Waals surface area contributed by atoms with E-state index in [1.165, 1.54) is 44.2 Å². The van der Waals surface area contributed by atoms with Crippen molar-refractivity contribution in [2.75, 3.05) is 6.61 Å². The van der Waals surface area contributed by atoms with Gasteiger partial charge < -0.3 is 9.47 Å². The van der Waals surface area contributed by atoms with E-state index in [0.29, 0.717) is 18.6 Å². The van der Waals surface area contributed by atoms with Gasteiger partial charge in [0.15, 0.2) is 0 Å². The van der Waals surface area contributed by atoms with Gasteiger partial charge in [-0.15, -0.1) is 0 Å². The minimum Gasteiger partial charge on any atom is -0.466 e. The molecule has 0 aliphatic carbocycles. The van der Waals surface area contributed by atoms with E-state index in [9.17, 15) is 22.8 Å². The summed E-state index contributed by atoms with van der Waals surface area (Å²) < 4.78 is 47.7. The molecule has 0 saturated carbocycles. The van der Waals surface area contributed by atoms with Crippen molar-refractivity contribution in [2.45, 2.75) is 90.3 Å². The molecule has 0 fully saturated rings. The fourth-order valence-electron chi connectivity index (χ4n) is 2.90. The summed E-state index contributed by atoms with van der Waals surface area (Å²) in [5.41, 5.74) is -0.274. The summed E-state index contributed by atoms with van der Waals surface area (Å²) in [6.07, 6.45) is 5.52. The van der Waals surface area contributed by atoms with E-state index in [2.05, 4.69) is 6.92 Å². The van der Waals surface area contributed by atoms with E-state index in [0.717, 1.165) is 31.4 Å². The van der Waals surface area contributed by atoms with Gasteiger partial charge in [-0.3, -0.25) is 9.59 Å². The highest BCUT2D eigenvalue weighted by Gasteiger charge is 2.29. The number of rotatable bonds is 15. The third-order valence-electron chi connectivity index (χ3n) is 4.70. The van der Waals surface area contributed by atoms with E-state index in [1.54, 1.807) is 0 Å². The maximum atomic E-state index is 12.5. The monoisotopic (exact) mass is 430 g/mol. The molecular formula is C23H33F3O4. The molecule has 170 valence electrons. The second-order valence-electron chi connectivity index (χ2n) is 7.40. The number of unbranched alkanes of at least 4 members (excludes halogenated alkanes) is 7. The number of ether oxygens (including phenoxy) is 2. The zero-order valence-electron chi connectivity index (χ0n) is 17.8. The summed E-state index contributed by atoms with van der Waals surface area (Å²) in [4.78, 5) is 23.4. The Morgan fingerprint density at radius 2 is 1.30 bits per heavy atom. The van der Waals surface area contributed by atoms with Crippen molar-refractivity contribution in [2.24, 2.45) is 0 Å². The Bertz CT molecular complexity index is 612. The van der Waals surface area contributed by atoms with E-state index in [-0.39, 0.29) is 25.4 Å². The van der Waals surface area contributed by atoms with Crippen LogP contribution in [0.3, 0.4) is 0 Å². The molecule has 30 heavy (non-hydrogen) atoms. The van der Waals surface area contributed by atoms with Crippen molar-refractivity contribution in [3.8, 4) is 0 Å². The lowest BCUT2D eigenvalue weighted by atomic mass is 10.1. The first kappa shape index (κ1) is 26.0. The van der Waals surface area contributed by atoms with E-state index in [4.69, 9.17) is 9.47 Å². The summed E-state index contributed by atoms with van der Waals surface area (Å²) in [6.45, 7) is 2.51. The van der Waals surface area contributed by atoms with E-state index >= 15 is 0 Å². The van der Waals surface area contributed by atoms with Gasteiger partial charge in [-0.05, 0) is 30.5 Å². The molecule has 1 rings (SSSR count). The first-order valence-corrected chi connectivity index (χ1v) is 10.8. The lowest BCUT2D eigenvalue weighted by Crippen LogP contribution is -2.09. The minimum absolute atomic E-state index is 0.0630. The van der Waals surface area contributed by atoms with E-state index < -0.39 is 17.7 Å². The molecule has 0 aliphatic rings. The molecule has 0 unspecified atom stereocenters. The molecule has 0 bridgehead atoms. The Morgan fingerprint density at radius 1 is 0.767 bits per heavy atom. The van der Waals surface area contributed by atoms with Gasteiger partial charge in [0.05, 0.1) is 12.2 Å². The number of benzene rings is 1. The number of carbonyl (C=O) groups is 2. The van der Waals surface area contributed by atoms with Crippen LogP contribution in [0.25, 0.3) is 0 Å². The molecule has 0 aromatic heterocycles. The summed E-state index contributed by atoms with van der Waals surface area (Å²) >= 11 is 0. The van der Waals surface area contributed by atoms with Crippen molar-refractivity contribution in [3.05, 3.63) is 35.4 Å². The predicted molar refractivity (Wildman–Crippen MR) is 109 cm³/mol. The van der Waals surface area contributed by atoms with Crippen LogP contribution in [0.5, 0.6) is 0 Å². The van der Waals surface area contributed by atoms with Crippen molar-refractivity contribution >= 4 is 11.9 Å². The fourth-order valence-corrected chi connectivity index (χ4v) is 2.90. The van der Waals surface area contributed by atoms with Crippen LogP contribution in [0.15, 0.2) is 24.3 Å². The Hall–Kier alpha value is -2.05. The Kier molecular flexibility index (Phi) is 12.9. The molecule has 0 amide bonds. The number of esters is 2. The number of alkyl halides is 3. The normalized spacial score (nSPS) is 11.3. The molecule has 1 aromatic rings. The topological polar surface area (TPSA) is 52.6 Å².